The Balaban J connectivity index is 1.09. The maximum absolute atomic E-state index is 6.40. The first-order valence-electron chi connectivity index (χ1n) is 18.1. The summed E-state index contributed by atoms with van der Waals surface area (Å²) in [6, 6.07) is 55.8. The predicted molar refractivity (Wildman–Crippen MR) is 219 cm³/mol. The number of allylic oxidation sites excluding steroid dienone is 3. The van der Waals surface area contributed by atoms with E-state index in [0.717, 1.165) is 62.1 Å². The molecule has 0 bridgehead atoms. The van der Waals surface area contributed by atoms with Gasteiger partial charge in [0.2, 0.25) is 5.89 Å². The van der Waals surface area contributed by atoms with Gasteiger partial charge in [-0.1, -0.05) is 109 Å². The number of hydrogen-bond donors (Lipinski definition) is 0. The first-order valence-corrected chi connectivity index (χ1v) is 18.1. The van der Waals surface area contributed by atoms with Crippen LogP contribution in [0, 0.1) is 0 Å². The number of fused-ring (bicyclic) bond motifs is 10. The minimum atomic E-state index is 0.333. The van der Waals surface area contributed by atoms with E-state index in [1.54, 1.807) is 0 Å². The zero-order valence-corrected chi connectivity index (χ0v) is 28.7. The highest BCUT2D eigenvalue weighted by atomic mass is 16.3. The molecular formula is C49H32N2O2. The SMILES string of the molecule is C1=CC(c2ccccc2)CC=C1N(c1ccc2oc3ccc(-c4nc5ccccc5o4)cc3c2c1)c1ccc2c3ccccc3c3ccccc3c2c1. The van der Waals surface area contributed by atoms with Crippen LogP contribution in [-0.2, 0) is 0 Å². The van der Waals surface area contributed by atoms with Crippen molar-refractivity contribution in [3.8, 4) is 11.5 Å². The van der Waals surface area contributed by atoms with E-state index in [1.165, 1.54) is 37.9 Å². The zero-order valence-electron chi connectivity index (χ0n) is 28.7. The molecule has 0 fully saturated rings. The smallest absolute Gasteiger partial charge is 0.227 e. The molecule has 0 spiro atoms. The van der Waals surface area contributed by atoms with Gasteiger partial charge in [-0.05, 0) is 111 Å². The van der Waals surface area contributed by atoms with Crippen LogP contribution in [0.4, 0.5) is 11.4 Å². The average molecular weight is 681 g/mol. The number of rotatable bonds is 5. The van der Waals surface area contributed by atoms with E-state index >= 15 is 0 Å². The Morgan fingerprint density at radius 1 is 0.491 bits per heavy atom. The summed E-state index contributed by atoms with van der Waals surface area (Å²) >= 11 is 0. The summed E-state index contributed by atoms with van der Waals surface area (Å²) in [4.78, 5) is 7.17. The average Bonchev–Trinajstić information content (AvgIpc) is 3.83. The van der Waals surface area contributed by atoms with Crippen molar-refractivity contribution in [2.24, 2.45) is 0 Å². The summed E-state index contributed by atoms with van der Waals surface area (Å²) in [6.45, 7) is 0. The van der Waals surface area contributed by atoms with E-state index < -0.39 is 0 Å². The van der Waals surface area contributed by atoms with Gasteiger partial charge in [0.05, 0.1) is 0 Å². The summed E-state index contributed by atoms with van der Waals surface area (Å²) in [7, 11) is 0. The van der Waals surface area contributed by atoms with Gasteiger partial charge >= 0.3 is 0 Å². The second-order valence-electron chi connectivity index (χ2n) is 13.9. The Bertz CT molecular complexity index is 3040. The van der Waals surface area contributed by atoms with Crippen LogP contribution in [0.1, 0.15) is 17.9 Å². The minimum absolute atomic E-state index is 0.333. The van der Waals surface area contributed by atoms with E-state index in [2.05, 4.69) is 144 Å². The molecule has 8 aromatic carbocycles. The molecule has 0 saturated carbocycles. The summed E-state index contributed by atoms with van der Waals surface area (Å²) in [5.41, 5.74) is 8.84. The molecule has 11 rings (SSSR count). The van der Waals surface area contributed by atoms with Crippen molar-refractivity contribution in [2.75, 3.05) is 4.90 Å². The maximum atomic E-state index is 6.40. The topological polar surface area (TPSA) is 42.4 Å². The molecule has 0 radical (unpaired) electrons. The lowest BCUT2D eigenvalue weighted by molar-refractivity contribution is 0.620. The van der Waals surface area contributed by atoms with E-state index in [4.69, 9.17) is 13.8 Å². The van der Waals surface area contributed by atoms with Gasteiger partial charge in [0.25, 0.3) is 0 Å². The maximum Gasteiger partial charge on any atom is 0.227 e. The van der Waals surface area contributed by atoms with Crippen molar-refractivity contribution >= 4 is 76.7 Å². The minimum Gasteiger partial charge on any atom is -0.456 e. The quantitative estimate of drug-likeness (QED) is 0.170. The molecule has 1 aliphatic carbocycles. The molecule has 250 valence electrons. The molecule has 0 saturated heterocycles. The third-order valence-corrected chi connectivity index (χ3v) is 10.8. The largest absolute Gasteiger partial charge is 0.456 e. The van der Waals surface area contributed by atoms with Gasteiger partial charge in [-0.25, -0.2) is 4.98 Å². The van der Waals surface area contributed by atoms with Crippen molar-refractivity contribution < 1.29 is 8.83 Å². The zero-order chi connectivity index (χ0) is 34.9. The second kappa shape index (κ2) is 11.8. The van der Waals surface area contributed by atoms with Gasteiger partial charge in [-0.15, -0.1) is 0 Å². The van der Waals surface area contributed by atoms with Crippen LogP contribution in [0.25, 0.3) is 76.8 Å². The highest BCUT2D eigenvalue weighted by molar-refractivity contribution is 6.25. The molecule has 53 heavy (non-hydrogen) atoms. The Morgan fingerprint density at radius 3 is 1.81 bits per heavy atom. The number of anilines is 2. The van der Waals surface area contributed by atoms with Crippen LogP contribution in [0.15, 0.2) is 190 Å². The highest BCUT2D eigenvalue weighted by Crippen LogP contribution is 2.42. The van der Waals surface area contributed by atoms with E-state index in [-0.39, 0.29) is 0 Å². The van der Waals surface area contributed by atoms with E-state index in [1.807, 2.05) is 36.4 Å². The molecule has 1 atom stereocenters. The second-order valence-corrected chi connectivity index (χ2v) is 13.9. The summed E-state index contributed by atoms with van der Waals surface area (Å²) in [5.74, 6) is 0.931. The van der Waals surface area contributed by atoms with Crippen LogP contribution < -0.4 is 4.90 Å². The first kappa shape index (κ1) is 29.8. The van der Waals surface area contributed by atoms with Crippen molar-refractivity contribution in [1.29, 1.82) is 0 Å². The number of benzene rings is 8. The molecular weight excluding hydrogens is 649 g/mol. The molecule has 0 N–H and O–H groups in total. The molecule has 0 aliphatic heterocycles. The fourth-order valence-electron chi connectivity index (χ4n) is 8.24. The van der Waals surface area contributed by atoms with Crippen molar-refractivity contribution in [3.63, 3.8) is 0 Å². The Hall–Kier alpha value is -6.91. The lowest BCUT2D eigenvalue weighted by Gasteiger charge is -2.29. The molecule has 10 aromatic rings. The van der Waals surface area contributed by atoms with Crippen LogP contribution >= 0.6 is 0 Å². The molecule has 1 aliphatic rings. The van der Waals surface area contributed by atoms with Gasteiger partial charge in [-0.2, -0.15) is 0 Å². The van der Waals surface area contributed by atoms with E-state index in [9.17, 15) is 0 Å². The number of para-hydroxylation sites is 2. The molecule has 4 heteroatoms. The number of aromatic nitrogens is 1. The molecule has 2 heterocycles. The fraction of sp³-hybridized carbons (Fsp3) is 0.0408. The summed E-state index contributed by atoms with van der Waals surface area (Å²) in [6.07, 6.45) is 7.93. The fourth-order valence-corrected chi connectivity index (χ4v) is 8.24. The van der Waals surface area contributed by atoms with Crippen LogP contribution in [0.2, 0.25) is 0 Å². The Kier molecular flexibility index (Phi) is 6.65. The van der Waals surface area contributed by atoms with Crippen LogP contribution in [0.5, 0.6) is 0 Å². The number of hydrogen-bond acceptors (Lipinski definition) is 4. The van der Waals surface area contributed by atoms with Gasteiger partial charge in [0.1, 0.15) is 16.7 Å². The number of furan rings is 1. The van der Waals surface area contributed by atoms with Crippen molar-refractivity contribution in [2.45, 2.75) is 12.3 Å². The van der Waals surface area contributed by atoms with Crippen LogP contribution in [-0.4, -0.2) is 4.98 Å². The predicted octanol–water partition coefficient (Wildman–Crippen LogP) is 13.6. The van der Waals surface area contributed by atoms with Gasteiger partial charge in [0, 0.05) is 39.3 Å². The van der Waals surface area contributed by atoms with Gasteiger partial charge < -0.3 is 13.7 Å². The molecule has 1 unspecified atom stereocenters. The normalized spacial score (nSPS) is 14.6. The van der Waals surface area contributed by atoms with E-state index in [0.29, 0.717) is 11.8 Å². The molecule has 2 aromatic heterocycles. The van der Waals surface area contributed by atoms with Crippen LogP contribution in [0.3, 0.4) is 0 Å². The third kappa shape index (κ3) is 4.87. The Morgan fingerprint density at radius 2 is 1.09 bits per heavy atom. The van der Waals surface area contributed by atoms with Gasteiger partial charge in [0.15, 0.2) is 5.58 Å². The lowest BCUT2D eigenvalue weighted by atomic mass is 9.91. The molecule has 0 amide bonds. The van der Waals surface area contributed by atoms with Crippen molar-refractivity contribution in [1.82, 2.24) is 4.98 Å². The summed E-state index contributed by atoms with van der Waals surface area (Å²) in [5, 5.41) is 9.62. The lowest BCUT2D eigenvalue weighted by Crippen LogP contribution is -2.17. The number of nitrogens with zero attached hydrogens (tertiary/aromatic N) is 2. The third-order valence-electron chi connectivity index (χ3n) is 10.8. The highest BCUT2D eigenvalue weighted by Gasteiger charge is 2.21. The number of oxazole rings is 1. The molecule has 4 nitrogen and oxygen atoms in total. The first-order chi connectivity index (χ1) is 26.2. The van der Waals surface area contributed by atoms with Crippen molar-refractivity contribution in [3.05, 3.63) is 187 Å². The van der Waals surface area contributed by atoms with Gasteiger partial charge in [-0.3, -0.25) is 0 Å². The summed E-state index contributed by atoms with van der Waals surface area (Å²) < 4.78 is 12.6. The monoisotopic (exact) mass is 680 g/mol. The Labute approximate surface area is 305 Å². The standard InChI is InChI=1S/C49H32N2O2/c1-2-10-31(11-3-1)32-18-21-34(22-19-32)51(35-23-25-41-39-14-5-4-12-37(39)38-13-6-7-15-40(38)42(41)29-35)36-24-27-47-44(30-36)43-28-33(20-26-46(43)52-47)49-50-45-16-8-9-17-48(45)53-49/h1-18,20-30,32H,19H2.